The highest BCUT2D eigenvalue weighted by Gasteiger charge is 2.45. The van der Waals surface area contributed by atoms with Gasteiger partial charge in [0.25, 0.3) is 0 Å². The summed E-state index contributed by atoms with van der Waals surface area (Å²) in [7, 11) is 5.56. The molecule has 4 rings (SSSR count). The van der Waals surface area contributed by atoms with E-state index in [9.17, 15) is 0 Å². The summed E-state index contributed by atoms with van der Waals surface area (Å²) in [5.74, 6) is 0. The number of hydrogen-bond acceptors (Lipinski definition) is 6. The summed E-state index contributed by atoms with van der Waals surface area (Å²) in [4.78, 5) is 7.77. The van der Waals surface area contributed by atoms with Crippen molar-refractivity contribution < 1.29 is 14.2 Å². The zero-order valence-corrected chi connectivity index (χ0v) is 40.1. The van der Waals surface area contributed by atoms with Gasteiger partial charge in [-0.3, -0.25) is 0 Å². The summed E-state index contributed by atoms with van der Waals surface area (Å²) >= 11 is 5.67. The molecule has 300 valence electrons. The van der Waals surface area contributed by atoms with Crippen LogP contribution in [0, 0.1) is 32.5 Å². The molecule has 0 aromatic heterocycles. The smallest absolute Gasteiger partial charge is 0.131 e. The predicted molar refractivity (Wildman–Crippen MR) is 241 cm³/mol. The highest BCUT2D eigenvalue weighted by atomic mass is 32.2. The van der Waals surface area contributed by atoms with Gasteiger partial charge < -0.3 is 14.2 Å². The Labute approximate surface area is 343 Å². The van der Waals surface area contributed by atoms with E-state index in [1.807, 2.05) is 56.6 Å². The standard InChI is InChI=1S/C48H72O3S3/c1-40(2,3)34-25-46(49-19,26-35(52-34)41(4,5)6)31-22-32(47(50-20)27-36(42(7,8)9)53-37(28-47)43(10,11)12)24-33(23-31)48(51-21)29-38(44(13,14)15)54-39(30-48)45(16,17)18/h22-30H,1-21H3. The number of methoxy groups -OCH3 is 3. The van der Waals surface area contributed by atoms with E-state index in [4.69, 9.17) is 14.2 Å². The van der Waals surface area contributed by atoms with Gasteiger partial charge in [0.1, 0.15) is 16.8 Å². The van der Waals surface area contributed by atoms with Gasteiger partial charge in [-0.05, 0) is 133 Å². The molecule has 0 fully saturated rings. The Morgan fingerprint density at radius 1 is 0.315 bits per heavy atom. The molecule has 0 aliphatic carbocycles. The van der Waals surface area contributed by atoms with Crippen molar-refractivity contribution in [3.05, 3.63) is 101 Å². The van der Waals surface area contributed by atoms with Crippen molar-refractivity contribution in [2.75, 3.05) is 21.3 Å². The lowest BCUT2D eigenvalue weighted by atomic mass is 9.77. The molecule has 3 aliphatic heterocycles. The molecule has 6 heteroatoms. The molecule has 3 nitrogen and oxygen atoms in total. The zero-order chi connectivity index (χ0) is 41.3. The lowest BCUT2D eigenvalue weighted by molar-refractivity contribution is 0.0584. The molecule has 0 spiro atoms. The Bertz CT molecular complexity index is 1480. The van der Waals surface area contributed by atoms with Crippen molar-refractivity contribution in [1.82, 2.24) is 0 Å². The van der Waals surface area contributed by atoms with E-state index in [1.54, 1.807) is 0 Å². The van der Waals surface area contributed by atoms with Crippen molar-refractivity contribution in [1.29, 1.82) is 0 Å². The third-order valence-corrected chi connectivity index (χ3v) is 16.2. The molecule has 0 atom stereocenters. The van der Waals surface area contributed by atoms with Gasteiger partial charge in [-0.1, -0.05) is 160 Å². The first-order valence-electron chi connectivity index (χ1n) is 19.5. The number of allylic oxidation sites excluding steroid dienone is 6. The van der Waals surface area contributed by atoms with E-state index in [-0.39, 0.29) is 32.5 Å². The number of rotatable bonds is 6. The minimum atomic E-state index is -0.835. The minimum Gasteiger partial charge on any atom is -0.365 e. The molecular weight excluding hydrogens is 721 g/mol. The summed E-state index contributed by atoms with van der Waals surface area (Å²) in [5, 5.41) is 0. The van der Waals surface area contributed by atoms with E-state index < -0.39 is 16.8 Å². The molecule has 0 bridgehead atoms. The molecule has 0 saturated heterocycles. The minimum absolute atomic E-state index is 0.0776. The summed E-state index contributed by atoms with van der Waals surface area (Å²) < 4.78 is 20.5. The first-order chi connectivity index (χ1) is 24.2. The second-order valence-corrected chi connectivity index (χ2v) is 24.9. The molecule has 0 amide bonds. The Morgan fingerprint density at radius 3 is 0.574 bits per heavy atom. The van der Waals surface area contributed by atoms with Gasteiger partial charge >= 0.3 is 0 Å². The van der Waals surface area contributed by atoms with Crippen LogP contribution in [0.4, 0.5) is 0 Å². The van der Waals surface area contributed by atoms with E-state index in [0.717, 1.165) is 16.7 Å². The maximum absolute atomic E-state index is 6.82. The van der Waals surface area contributed by atoms with Crippen LogP contribution in [0.15, 0.2) is 84.1 Å². The maximum Gasteiger partial charge on any atom is 0.131 e. The lowest BCUT2D eigenvalue weighted by Gasteiger charge is -2.43. The second-order valence-electron chi connectivity index (χ2n) is 21.6. The van der Waals surface area contributed by atoms with Gasteiger partial charge in [0.2, 0.25) is 0 Å². The van der Waals surface area contributed by atoms with Gasteiger partial charge in [-0.2, -0.15) is 0 Å². The van der Waals surface area contributed by atoms with Crippen LogP contribution in [0.2, 0.25) is 0 Å². The fraction of sp³-hybridized carbons (Fsp3) is 0.625. The molecule has 0 radical (unpaired) electrons. The summed E-state index contributed by atoms with van der Waals surface area (Å²) in [5.41, 5.74) is 0.191. The van der Waals surface area contributed by atoms with E-state index >= 15 is 0 Å². The van der Waals surface area contributed by atoms with Crippen LogP contribution in [0.3, 0.4) is 0 Å². The summed E-state index contributed by atoms with van der Waals surface area (Å²) in [6, 6.07) is 7.02. The fourth-order valence-corrected chi connectivity index (χ4v) is 10.5. The lowest BCUT2D eigenvalue weighted by Crippen LogP contribution is -2.35. The average molecular weight is 793 g/mol. The number of benzene rings is 1. The Kier molecular flexibility index (Phi) is 12.4. The molecule has 1 aromatic rings. The van der Waals surface area contributed by atoms with Crippen LogP contribution in [0.5, 0.6) is 0 Å². The van der Waals surface area contributed by atoms with Gasteiger partial charge in [-0.15, -0.1) is 0 Å². The molecule has 0 unspecified atom stereocenters. The third kappa shape index (κ3) is 9.31. The highest BCUT2D eigenvalue weighted by Crippen LogP contribution is 2.57. The van der Waals surface area contributed by atoms with Gasteiger partial charge in [0, 0.05) is 21.3 Å². The van der Waals surface area contributed by atoms with E-state index in [0.29, 0.717) is 0 Å². The van der Waals surface area contributed by atoms with Crippen LogP contribution in [0.1, 0.15) is 141 Å². The zero-order valence-electron chi connectivity index (χ0n) is 37.6. The van der Waals surface area contributed by atoms with E-state index in [1.165, 1.54) is 29.4 Å². The topological polar surface area (TPSA) is 27.7 Å². The van der Waals surface area contributed by atoms with Crippen molar-refractivity contribution in [3.8, 4) is 0 Å². The van der Waals surface area contributed by atoms with E-state index in [2.05, 4.69) is 179 Å². The van der Waals surface area contributed by atoms with Crippen LogP contribution in [0.25, 0.3) is 0 Å². The molecule has 54 heavy (non-hydrogen) atoms. The van der Waals surface area contributed by atoms with Crippen molar-refractivity contribution >= 4 is 35.3 Å². The summed E-state index contributed by atoms with van der Waals surface area (Å²) in [6.45, 7) is 41.4. The fourth-order valence-electron chi connectivity index (χ4n) is 6.55. The maximum atomic E-state index is 6.82. The Morgan fingerprint density at radius 2 is 0.463 bits per heavy atom. The largest absolute Gasteiger partial charge is 0.365 e. The van der Waals surface area contributed by atoms with Gasteiger partial charge in [0.15, 0.2) is 0 Å². The quantitative estimate of drug-likeness (QED) is 0.285. The van der Waals surface area contributed by atoms with Crippen molar-refractivity contribution in [2.24, 2.45) is 32.5 Å². The molecule has 3 heterocycles. The summed E-state index contributed by atoms with van der Waals surface area (Å²) in [6.07, 6.45) is 14.2. The Hall–Kier alpha value is -1.41. The molecule has 1 aromatic carbocycles. The third-order valence-electron chi connectivity index (χ3n) is 10.5. The van der Waals surface area contributed by atoms with Gasteiger partial charge in [0.05, 0.1) is 0 Å². The monoisotopic (exact) mass is 792 g/mol. The highest BCUT2D eigenvalue weighted by molar-refractivity contribution is 8.07. The number of thioether (sulfide) groups is 3. The average Bonchev–Trinajstić information content (AvgIpc) is 3.04. The van der Waals surface area contributed by atoms with Crippen LogP contribution in [-0.2, 0) is 31.0 Å². The molecular formula is C48H72O3S3. The number of hydrogen-bond donors (Lipinski definition) is 0. The first-order valence-corrected chi connectivity index (χ1v) is 22.0. The molecule has 3 aliphatic rings. The van der Waals surface area contributed by atoms with Gasteiger partial charge in [-0.25, -0.2) is 0 Å². The first kappa shape index (κ1) is 45.3. The Balaban J connectivity index is 2.28. The van der Waals surface area contributed by atoms with Crippen molar-refractivity contribution in [2.45, 2.75) is 141 Å². The second kappa shape index (κ2) is 14.8. The van der Waals surface area contributed by atoms with Crippen LogP contribution >= 0.6 is 35.3 Å². The number of ether oxygens (including phenoxy) is 3. The van der Waals surface area contributed by atoms with Crippen LogP contribution in [-0.4, -0.2) is 21.3 Å². The normalized spacial score (nSPS) is 21.1. The van der Waals surface area contributed by atoms with Crippen LogP contribution < -0.4 is 0 Å². The predicted octanol–water partition coefficient (Wildman–Crippen LogP) is 15.0. The van der Waals surface area contributed by atoms with Crippen molar-refractivity contribution in [3.63, 3.8) is 0 Å². The SMILES string of the molecule is COC1(c2cc(C3(OC)C=C(C(C)(C)C)SC(C(C)(C)C)=C3)cc(C3(OC)C=C(C(C)(C)C)SC(C(C)(C)C)=C3)c2)C=C(C(C)(C)C)SC(C(C)(C)C)=C1. The molecule has 0 saturated carbocycles. The molecule has 0 N–H and O–H groups in total.